The van der Waals surface area contributed by atoms with Crippen LogP contribution in [-0.2, 0) is 9.59 Å². The Balaban J connectivity index is 4.37. The third kappa shape index (κ3) is 3.83. The maximum absolute atomic E-state index is 11.3. The van der Waals surface area contributed by atoms with Crippen LogP contribution in [0.3, 0.4) is 0 Å². The smallest absolute Gasteiger partial charge is 0.309 e. The fourth-order valence-electron chi connectivity index (χ4n) is 1.56. The SMILES string of the molecule is CC(C)(C)C(C)(CCCCC(=O)O)C(=O)O. The van der Waals surface area contributed by atoms with Crippen LogP contribution in [0.4, 0.5) is 0 Å². The van der Waals surface area contributed by atoms with Crippen LogP contribution in [0.5, 0.6) is 0 Å². The molecular formula is C12H22O4. The van der Waals surface area contributed by atoms with E-state index in [1.807, 2.05) is 20.8 Å². The maximum Gasteiger partial charge on any atom is 0.309 e. The predicted octanol–water partition coefficient (Wildman–Crippen LogP) is 2.77. The first kappa shape index (κ1) is 14.9. The van der Waals surface area contributed by atoms with Crippen LogP contribution in [-0.4, -0.2) is 22.2 Å². The number of rotatable bonds is 6. The van der Waals surface area contributed by atoms with Gasteiger partial charge in [-0.1, -0.05) is 27.2 Å². The Morgan fingerprint density at radius 2 is 1.50 bits per heavy atom. The average molecular weight is 230 g/mol. The molecule has 0 spiro atoms. The second kappa shape index (κ2) is 5.32. The van der Waals surface area contributed by atoms with Crippen LogP contribution in [0, 0.1) is 10.8 Å². The number of carbonyl (C=O) groups is 2. The van der Waals surface area contributed by atoms with E-state index in [9.17, 15) is 14.7 Å². The molecule has 0 aromatic rings. The summed E-state index contributed by atoms with van der Waals surface area (Å²) in [6.45, 7) is 7.44. The van der Waals surface area contributed by atoms with Gasteiger partial charge in [-0.05, 0) is 25.2 Å². The largest absolute Gasteiger partial charge is 0.481 e. The van der Waals surface area contributed by atoms with E-state index in [1.54, 1.807) is 6.92 Å². The molecule has 0 saturated heterocycles. The lowest BCUT2D eigenvalue weighted by atomic mass is 9.65. The Labute approximate surface area is 96.7 Å². The molecule has 0 aromatic heterocycles. The summed E-state index contributed by atoms with van der Waals surface area (Å²) in [7, 11) is 0. The Morgan fingerprint density at radius 1 is 1.00 bits per heavy atom. The number of carboxylic acid groups (broad SMARTS) is 2. The van der Waals surface area contributed by atoms with Gasteiger partial charge in [0.05, 0.1) is 5.41 Å². The molecule has 0 aliphatic heterocycles. The van der Waals surface area contributed by atoms with Crippen molar-refractivity contribution >= 4 is 11.9 Å². The second-order valence-electron chi connectivity index (χ2n) is 5.49. The summed E-state index contributed by atoms with van der Waals surface area (Å²) in [4.78, 5) is 21.6. The summed E-state index contributed by atoms with van der Waals surface area (Å²) >= 11 is 0. The van der Waals surface area contributed by atoms with Gasteiger partial charge in [-0.2, -0.15) is 0 Å². The fourth-order valence-corrected chi connectivity index (χ4v) is 1.56. The summed E-state index contributed by atoms with van der Waals surface area (Å²) in [6.07, 6.45) is 1.79. The van der Waals surface area contributed by atoms with E-state index < -0.39 is 17.4 Å². The van der Waals surface area contributed by atoms with E-state index in [1.165, 1.54) is 0 Å². The zero-order valence-corrected chi connectivity index (χ0v) is 10.5. The number of aliphatic carboxylic acids is 2. The maximum atomic E-state index is 11.3. The van der Waals surface area contributed by atoms with Crippen LogP contribution in [0.15, 0.2) is 0 Å². The minimum Gasteiger partial charge on any atom is -0.481 e. The van der Waals surface area contributed by atoms with Gasteiger partial charge in [0.25, 0.3) is 0 Å². The molecule has 4 heteroatoms. The van der Waals surface area contributed by atoms with Gasteiger partial charge in [0, 0.05) is 6.42 Å². The molecule has 0 rings (SSSR count). The number of unbranched alkanes of at least 4 members (excludes halogenated alkanes) is 1. The summed E-state index contributed by atoms with van der Waals surface area (Å²) in [6, 6.07) is 0. The van der Waals surface area contributed by atoms with Gasteiger partial charge in [-0.15, -0.1) is 0 Å². The summed E-state index contributed by atoms with van der Waals surface area (Å²) in [5.74, 6) is -1.64. The number of hydrogen-bond donors (Lipinski definition) is 2. The molecular weight excluding hydrogens is 208 g/mol. The first-order valence-corrected chi connectivity index (χ1v) is 5.56. The third-order valence-corrected chi connectivity index (χ3v) is 3.44. The highest BCUT2D eigenvalue weighted by atomic mass is 16.4. The van der Waals surface area contributed by atoms with Gasteiger partial charge >= 0.3 is 11.9 Å². The van der Waals surface area contributed by atoms with E-state index in [0.29, 0.717) is 19.3 Å². The number of carboxylic acids is 2. The number of hydrogen-bond acceptors (Lipinski definition) is 2. The standard InChI is InChI=1S/C12H22O4/c1-11(2,3)12(4,10(15)16)8-6-5-7-9(13)14/h5-8H2,1-4H3,(H,13,14)(H,15,16). The van der Waals surface area contributed by atoms with Crippen molar-refractivity contribution in [2.24, 2.45) is 10.8 Å². The lowest BCUT2D eigenvalue weighted by Crippen LogP contribution is -2.40. The van der Waals surface area contributed by atoms with Gasteiger partial charge in [0.1, 0.15) is 0 Å². The van der Waals surface area contributed by atoms with Crippen LogP contribution in [0.2, 0.25) is 0 Å². The molecule has 4 nitrogen and oxygen atoms in total. The summed E-state index contributed by atoms with van der Waals surface area (Å²) in [5, 5.41) is 17.8. The Morgan fingerprint density at radius 3 is 1.81 bits per heavy atom. The van der Waals surface area contributed by atoms with E-state index >= 15 is 0 Å². The predicted molar refractivity (Wildman–Crippen MR) is 61.3 cm³/mol. The van der Waals surface area contributed by atoms with Gasteiger partial charge in [-0.3, -0.25) is 9.59 Å². The molecule has 0 fully saturated rings. The van der Waals surface area contributed by atoms with Crippen molar-refractivity contribution in [3.8, 4) is 0 Å². The Kier molecular flexibility index (Phi) is 4.97. The van der Waals surface area contributed by atoms with Crippen LogP contribution >= 0.6 is 0 Å². The van der Waals surface area contributed by atoms with E-state index in [2.05, 4.69) is 0 Å². The molecule has 1 unspecified atom stereocenters. The van der Waals surface area contributed by atoms with Crippen molar-refractivity contribution in [3.63, 3.8) is 0 Å². The first-order valence-electron chi connectivity index (χ1n) is 5.56. The Bertz CT molecular complexity index is 265. The minimum absolute atomic E-state index is 0.111. The van der Waals surface area contributed by atoms with Gasteiger partial charge in [-0.25, -0.2) is 0 Å². The highest BCUT2D eigenvalue weighted by Crippen LogP contribution is 2.42. The van der Waals surface area contributed by atoms with Gasteiger partial charge < -0.3 is 10.2 Å². The average Bonchev–Trinajstić information content (AvgIpc) is 2.09. The molecule has 0 amide bonds. The highest BCUT2D eigenvalue weighted by molar-refractivity contribution is 5.75. The zero-order chi connectivity index (χ0) is 13.0. The fraction of sp³-hybridized carbons (Fsp3) is 0.833. The molecule has 0 aliphatic carbocycles. The molecule has 0 aliphatic rings. The third-order valence-electron chi connectivity index (χ3n) is 3.44. The molecule has 0 bridgehead atoms. The minimum atomic E-state index is -0.826. The van der Waals surface area contributed by atoms with Crippen LogP contribution in [0.1, 0.15) is 53.4 Å². The molecule has 0 heterocycles. The van der Waals surface area contributed by atoms with Crippen molar-refractivity contribution in [2.75, 3.05) is 0 Å². The molecule has 16 heavy (non-hydrogen) atoms. The topological polar surface area (TPSA) is 74.6 Å². The highest BCUT2D eigenvalue weighted by Gasteiger charge is 2.43. The summed E-state index contributed by atoms with van der Waals surface area (Å²) in [5.41, 5.74) is -1.13. The lowest BCUT2D eigenvalue weighted by molar-refractivity contribution is -0.155. The van der Waals surface area contributed by atoms with Crippen molar-refractivity contribution < 1.29 is 19.8 Å². The first-order chi connectivity index (χ1) is 7.11. The van der Waals surface area contributed by atoms with E-state index in [0.717, 1.165) is 0 Å². The van der Waals surface area contributed by atoms with Crippen molar-refractivity contribution in [1.29, 1.82) is 0 Å². The monoisotopic (exact) mass is 230 g/mol. The quantitative estimate of drug-likeness (QED) is 0.688. The van der Waals surface area contributed by atoms with E-state index in [4.69, 9.17) is 5.11 Å². The van der Waals surface area contributed by atoms with E-state index in [-0.39, 0.29) is 11.8 Å². The molecule has 2 N–H and O–H groups in total. The lowest BCUT2D eigenvalue weighted by Gasteiger charge is -2.38. The second-order valence-corrected chi connectivity index (χ2v) is 5.49. The van der Waals surface area contributed by atoms with Crippen LogP contribution in [0.25, 0.3) is 0 Å². The Hall–Kier alpha value is -1.06. The van der Waals surface area contributed by atoms with Crippen molar-refractivity contribution in [2.45, 2.75) is 53.4 Å². The van der Waals surface area contributed by atoms with Crippen molar-refractivity contribution in [3.05, 3.63) is 0 Å². The molecule has 94 valence electrons. The molecule has 0 saturated carbocycles. The normalized spacial score (nSPS) is 15.5. The van der Waals surface area contributed by atoms with Crippen LogP contribution < -0.4 is 0 Å². The molecule has 0 radical (unpaired) electrons. The van der Waals surface area contributed by atoms with Gasteiger partial charge in [0.15, 0.2) is 0 Å². The summed E-state index contributed by atoms with van der Waals surface area (Å²) < 4.78 is 0. The molecule has 0 aromatic carbocycles. The zero-order valence-electron chi connectivity index (χ0n) is 10.5. The van der Waals surface area contributed by atoms with Gasteiger partial charge in [0.2, 0.25) is 0 Å². The molecule has 1 atom stereocenters. The van der Waals surface area contributed by atoms with Crippen molar-refractivity contribution in [1.82, 2.24) is 0 Å².